The minimum atomic E-state index is -5.08. The van der Waals surface area contributed by atoms with Gasteiger partial charge in [-0.3, -0.25) is 14.4 Å². The van der Waals surface area contributed by atoms with Crippen molar-refractivity contribution >= 4 is 29.2 Å². The Morgan fingerprint density at radius 3 is 2.13 bits per heavy atom. The van der Waals surface area contributed by atoms with Crippen molar-refractivity contribution in [2.45, 2.75) is 32.0 Å². The first-order chi connectivity index (χ1) is 17.5. The molecule has 214 valence electrons. The lowest BCUT2D eigenvalue weighted by Gasteiger charge is -2.23. The molecule has 38 heavy (non-hydrogen) atoms. The number of aromatic nitrogens is 3. The predicted octanol–water partition coefficient (Wildman–Crippen LogP) is 2.34. The molecule has 0 saturated heterocycles. The lowest BCUT2D eigenvalue weighted by Crippen LogP contribution is -2.32. The minimum absolute atomic E-state index is 0.0111. The summed E-state index contributed by atoms with van der Waals surface area (Å²) in [7, 11) is 3.48. The highest BCUT2D eigenvalue weighted by atomic mass is 32.1. The van der Waals surface area contributed by atoms with Crippen molar-refractivity contribution in [3.05, 3.63) is 34.5 Å². The van der Waals surface area contributed by atoms with Gasteiger partial charge in [0.2, 0.25) is 5.91 Å². The maximum absolute atomic E-state index is 11.7. The summed E-state index contributed by atoms with van der Waals surface area (Å²) < 4.78 is 71.2. The van der Waals surface area contributed by atoms with Crippen molar-refractivity contribution in [2.75, 3.05) is 33.9 Å². The van der Waals surface area contributed by atoms with E-state index in [4.69, 9.17) is 24.5 Å². The number of amides is 1. The minimum Gasteiger partial charge on any atom is -0.475 e. The third-order valence-electron chi connectivity index (χ3n) is 4.54. The molecule has 1 unspecified atom stereocenters. The number of carbonyl (C=O) groups excluding carboxylic acids is 1. The summed E-state index contributed by atoms with van der Waals surface area (Å²) in [4.78, 5) is 37.8. The highest BCUT2D eigenvalue weighted by molar-refractivity contribution is 7.09. The number of ether oxygens (including phenoxy) is 1. The SMILES string of the molecule is CN(C)C(=O)COCC1CN(Cc2nccs2)Cc2ccnn2C1.O=C(O)C(F)(F)F.O=C(O)C(F)(F)F. The van der Waals surface area contributed by atoms with Gasteiger partial charge in [0.05, 0.1) is 18.8 Å². The number of rotatable bonds is 6. The molecule has 2 aromatic rings. The first kappa shape index (κ1) is 32.8. The topological polar surface area (TPSA) is 138 Å². The van der Waals surface area contributed by atoms with E-state index in [0.29, 0.717) is 12.5 Å². The molecule has 3 rings (SSSR count). The van der Waals surface area contributed by atoms with Crippen LogP contribution in [0, 0.1) is 5.92 Å². The summed E-state index contributed by atoms with van der Waals surface area (Å²) in [5, 5.41) is 21.8. The third kappa shape index (κ3) is 12.3. The summed E-state index contributed by atoms with van der Waals surface area (Å²) in [6, 6.07) is 2.06. The molecule has 0 saturated carbocycles. The molecule has 0 fully saturated rings. The average molecular weight is 578 g/mol. The van der Waals surface area contributed by atoms with Crippen LogP contribution in [0.2, 0.25) is 0 Å². The number of fused-ring (bicyclic) bond motifs is 1. The van der Waals surface area contributed by atoms with Gasteiger partial charge in [-0.25, -0.2) is 14.6 Å². The van der Waals surface area contributed by atoms with E-state index in [2.05, 4.69) is 21.0 Å². The quantitative estimate of drug-likeness (QED) is 0.496. The Labute approximate surface area is 216 Å². The number of thiazole rings is 1. The monoisotopic (exact) mass is 577 g/mol. The molecule has 2 N–H and O–H groups in total. The molecule has 0 radical (unpaired) electrons. The first-order valence-electron chi connectivity index (χ1n) is 10.5. The van der Waals surface area contributed by atoms with Crippen molar-refractivity contribution in [1.82, 2.24) is 24.6 Å². The molecule has 1 atom stereocenters. The smallest absolute Gasteiger partial charge is 0.475 e. The largest absolute Gasteiger partial charge is 0.490 e. The van der Waals surface area contributed by atoms with Gasteiger partial charge in [0.15, 0.2) is 0 Å². The van der Waals surface area contributed by atoms with E-state index in [0.717, 1.165) is 31.2 Å². The molecule has 0 spiro atoms. The van der Waals surface area contributed by atoms with Gasteiger partial charge < -0.3 is 19.8 Å². The zero-order valence-corrected chi connectivity index (χ0v) is 20.9. The fourth-order valence-electron chi connectivity index (χ4n) is 2.81. The fraction of sp³-hybridized carbons (Fsp3) is 0.550. The zero-order valence-electron chi connectivity index (χ0n) is 20.1. The van der Waals surface area contributed by atoms with Crippen LogP contribution in [0.5, 0.6) is 0 Å². The van der Waals surface area contributed by atoms with Gasteiger partial charge in [0.1, 0.15) is 11.6 Å². The van der Waals surface area contributed by atoms with E-state index < -0.39 is 24.3 Å². The number of carbonyl (C=O) groups is 3. The number of aliphatic carboxylic acids is 2. The Morgan fingerprint density at radius 1 is 1.08 bits per heavy atom. The Morgan fingerprint density at radius 2 is 1.66 bits per heavy atom. The number of hydrogen-bond acceptors (Lipinski definition) is 8. The normalized spacial score (nSPS) is 15.6. The molecule has 0 aromatic carbocycles. The zero-order chi connectivity index (χ0) is 29.1. The maximum atomic E-state index is 11.7. The second kappa shape index (κ2) is 14.6. The lowest BCUT2D eigenvalue weighted by atomic mass is 10.1. The van der Waals surface area contributed by atoms with Crippen LogP contribution in [0.1, 0.15) is 10.7 Å². The van der Waals surface area contributed by atoms with E-state index >= 15 is 0 Å². The van der Waals surface area contributed by atoms with Gasteiger partial charge in [0.25, 0.3) is 0 Å². The van der Waals surface area contributed by atoms with Crippen molar-refractivity contribution in [3.8, 4) is 0 Å². The maximum Gasteiger partial charge on any atom is 0.490 e. The van der Waals surface area contributed by atoms with Crippen LogP contribution >= 0.6 is 11.3 Å². The number of likely N-dealkylation sites (N-methyl/N-ethyl adjacent to an activating group) is 1. The van der Waals surface area contributed by atoms with Gasteiger partial charge in [0, 0.05) is 57.4 Å². The predicted molar refractivity (Wildman–Crippen MR) is 119 cm³/mol. The van der Waals surface area contributed by atoms with Crippen LogP contribution in [0.4, 0.5) is 26.3 Å². The van der Waals surface area contributed by atoms with Crippen molar-refractivity contribution in [3.63, 3.8) is 0 Å². The summed E-state index contributed by atoms with van der Waals surface area (Å²) >= 11 is 1.68. The van der Waals surface area contributed by atoms with Crippen LogP contribution in [0.15, 0.2) is 23.8 Å². The van der Waals surface area contributed by atoms with Gasteiger partial charge in [-0.05, 0) is 6.07 Å². The van der Waals surface area contributed by atoms with Crippen LogP contribution in [0.25, 0.3) is 0 Å². The molecular weight excluding hydrogens is 552 g/mol. The second-order valence-corrected chi connectivity index (χ2v) is 8.85. The van der Waals surface area contributed by atoms with E-state index in [1.165, 1.54) is 5.69 Å². The number of alkyl halides is 6. The molecule has 18 heteroatoms. The fourth-order valence-corrected chi connectivity index (χ4v) is 3.47. The van der Waals surface area contributed by atoms with Gasteiger partial charge >= 0.3 is 24.3 Å². The molecule has 1 aliphatic rings. The standard InChI is InChI=1S/C16H23N5O2S.2C2HF3O2/c1-19(2)16(22)12-23-11-13-7-20(10-15-17-5-6-24-15)9-14-3-4-18-21(14)8-13;2*3-2(4,5)1(6)7/h3-6,13H,7-12H2,1-2H3;2*(H,6,7). The highest BCUT2D eigenvalue weighted by Gasteiger charge is 2.38. The van der Waals surface area contributed by atoms with E-state index in [9.17, 15) is 31.1 Å². The summed E-state index contributed by atoms with van der Waals surface area (Å²) in [6.45, 7) is 4.07. The highest BCUT2D eigenvalue weighted by Crippen LogP contribution is 2.19. The summed E-state index contributed by atoms with van der Waals surface area (Å²) in [5.41, 5.74) is 1.21. The van der Waals surface area contributed by atoms with Crippen LogP contribution in [-0.2, 0) is 38.8 Å². The van der Waals surface area contributed by atoms with Crippen LogP contribution in [0.3, 0.4) is 0 Å². The Bertz CT molecular complexity index is 1000. The molecule has 0 aliphatic carbocycles. The molecule has 11 nitrogen and oxygen atoms in total. The van der Waals surface area contributed by atoms with Crippen LogP contribution < -0.4 is 0 Å². The van der Waals surface area contributed by atoms with Crippen molar-refractivity contribution < 1.29 is 55.7 Å². The Hall–Kier alpha value is -3.25. The summed E-state index contributed by atoms with van der Waals surface area (Å²) in [6.07, 6.45) is -6.48. The average Bonchev–Trinajstić information content (AvgIpc) is 3.42. The Kier molecular flexibility index (Phi) is 12.6. The Balaban J connectivity index is 0.000000426. The van der Waals surface area contributed by atoms with Gasteiger partial charge in [-0.15, -0.1) is 11.3 Å². The van der Waals surface area contributed by atoms with Crippen molar-refractivity contribution in [2.24, 2.45) is 5.92 Å². The molecule has 1 amide bonds. The first-order valence-corrected chi connectivity index (χ1v) is 11.4. The molecule has 0 bridgehead atoms. The van der Waals surface area contributed by atoms with E-state index in [-0.39, 0.29) is 12.5 Å². The number of carboxylic acid groups (broad SMARTS) is 2. The van der Waals surface area contributed by atoms with E-state index in [1.807, 2.05) is 22.5 Å². The number of carboxylic acids is 2. The second-order valence-electron chi connectivity index (χ2n) is 7.88. The number of hydrogen-bond donors (Lipinski definition) is 2. The van der Waals surface area contributed by atoms with E-state index in [1.54, 1.807) is 30.3 Å². The van der Waals surface area contributed by atoms with Gasteiger partial charge in [-0.1, -0.05) is 0 Å². The van der Waals surface area contributed by atoms with Crippen molar-refractivity contribution in [1.29, 1.82) is 0 Å². The summed E-state index contributed by atoms with van der Waals surface area (Å²) in [5.74, 6) is -5.23. The lowest BCUT2D eigenvalue weighted by molar-refractivity contribution is -0.193. The third-order valence-corrected chi connectivity index (χ3v) is 5.31. The number of halogens is 6. The number of nitrogens with zero attached hydrogens (tertiary/aromatic N) is 5. The molecule has 3 heterocycles. The van der Waals surface area contributed by atoms with Crippen LogP contribution in [-0.4, -0.2) is 98.8 Å². The molecule has 1 aliphatic heterocycles. The molecular formula is C20H25F6N5O6S. The molecule has 2 aromatic heterocycles. The van der Waals surface area contributed by atoms with Gasteiger partial charge in [-0.2, -0.15) is 31.4 Å².